The molecule has 0 spiro atoms. The predicted molar refractivity (Wildman–Crippen MR) is 22.2 cm³/mol. The summed E-state index contributed by atoms with van der Waals surface area (Å²) < 4.78 is 0. The van der Waals surface area contributed by atoms with Gasteiger partial charge in [0, 0.05) is 0 Å². The molecule has 1 heterocycles. The Labute approximate surface area is 40.8 Å². The summed E-state index contributed by atoms with van der Waals surface area (Å²) >= 11 is 0. The molecule has 2 N–H and O–H groups in total. The summed E-state index contributed by atoms with van der Waals surface area (Å²) in [6.45, 7) is 1.73. The third-order valence-electron chi connectivity index (χ3n) is 0.663. The highest BCUT2D eigenvalue weighted by Gasteiger charge is 2.14. The summed E-state index contributed by atoms with van der Waals surface area (Å²) in [5, 5.41) is 2.44. The average Bonchev–Trinajstić information content (AvgIpc) is 1.87. The summed E-state index contributed by atoms with van der Waals surface area (Å²) in [4.78, 5) is 14.7. The van der Waals surface area contributed by atoms with Crippen LogP contribution in [0.2, 0.25) is 0 Å². The lowest BCUT2D eigenvalue weighted by Crippen LogP contribution is -2.23. The van der Waals surface area contributed by atoms with Crippen molar-refractivity contribution in [2.75, 3.05) is 0 Å². The van der Waals surface area contributed by atoms with Crippen LogP contribution in [-0.4, -0.2) is 12.3 Å². The quantitative estimate of drug-likeness (QED) is 0.436. The standard InChI is InChI=1S/C3H6N2O2/c1-2-4-3(6)5-7-2/h2H,1H3,(H2,4,5,6). The highest BCUT2D eigenvalue weighted by Crippen LogP contribution is 1.87. The first-order valence-corrected chi connectivity index (χ1v) is 2.01. The fourth-order valence-electron chi connectivity index (χ4n) is 0.385. The van der Waals surface area contributed by atoms with Crippen molar-refractivity contribution < 1.29 is 9.63 Å². The molecule has 0 radical (unpaired) electrons. The average molecular weight is 102 g/mol. The number of hydroxylamine groups is 1. The molecule has 0 aromatic heterocycles. The third-order valence-corrected chi connectivity index (χ3v) is 0.663. The monoisotopic (exact) mass is 102 g/mol. The highest BCUT2D eigenvalue weighted by atomic mass is 16.7. The van der Waals surface area contributed by atoms with Crippen LogP contribution < -0.4 is 10.8 Å². The van der Waals surface area contributed by atoms with E-state index in [-0.39, 0.29) is 12.3 Å². The predicted octanol–water partition coefficient (Wildman–Crippen LogP) is -0.423. The van der Waals surface area contributed by atoms with Gasteiger partial charge in [-0.2, -0.15) is 0 Å². The van der Waals surface area contributed by atoms with Crippen molar-refractivity contribution >= 4 is 6.03 Å². The van der Waals surface area contributed by atoms with E-state index in [4.69, 9.17) is 0 Å². The van der Waals surface area contributed by atoms with E-state index in [0.29, 0.717) is 0 Å². The molecule has 7 heavy (non-hydrogen) atoms. The van der Waals surface area contributed by atoms with Gasteiger partial charge in [0.1, 0.15) is 0 Å². The number of carbonyl (C=O) groups excluding carboxylic acids is 1. The molecule has 1 atom stereocenters. The maximum atomic E-state index is 10.1. The Hall–Kier alpha value is -0.770. The van der Waals surface area contributed by atoms with Crippen LogP contribution >= 0.6 is 0 Å². The molecule has 0 aromatic rings. The van der Waals surface area contributed by atoms with Crippen LogP contribution in [0.3, 0.4) is 0 Å². The Morgan fingerprint density at radius 2 is 2.57 bits per heavy atom. The zero-order valence-corrected chi connectivity index (χ0v) is 3.89. The lowest BCUT2D eigenvalue weighted by atomic mass is 10.7. The minimum atomic E-state index is -0.271. The SMILES string of the molecule is CC1NC(=O)NO1. The molecule has 4 heteroatoms. The lowest BCUT2D eigenvalue weighted by molar-refractivity contribution is 0.0452. The van der Waals surface area contributed by atoms with Crippen molar-refractivity contribution in [3.05, 3.63) is 0 Å². The second-order valence-electron chi connectivity index (χ2n) is 1.34. The minimum Gasteiger partial charge on any atom is -0.309 e. The van der Waals surface area contributed by atoms with Crippen molar-refractivity contribution in [3.63, 3.8) is 0 Å². The number of nitrogens with one attached hydrogen (secondary N) is 2. The normalized spacial score (nSPS) is 29.3. The second kappa shape index (κ2) is 1.38. The van der Waals surface area contributed by atoms with E-state index in [9.17, 15) is 4.79 Å². The second-order valence-corrected chi connectivity index (χ2v) is 1.34. The Morgan fingerprint density at radius 1 is 1.86 bits per heavy atom. The summed E-state index contributed by atoms with van der Waals surface area (Å²) in [5.74, 6) is 0. The van der Waals surface area contributed by atoms with Gasteiger partial charge in [0.05, 0.1) is 0 Å². The fraction of sp³-hybridized carbons (Fsp3) is 0.667. The lowest BCUT2D eigenvalue weighted by Gasteiger charge is -1.92. The molecular formula is C3H6N2O2. The van der Waals surface area contributed by atoms with E-state index < -0.39 is 0 Å². The zero-order chi connectivity index (χ0) is 5.28. The van der Waals surface area contributed by atoms with Gasteiger partial charge in [-0.25, -0.2) is 15.1 Å². The molecule has 1 fully saturated rings. The molecule has 0 aliphatic carbocycles. The van der Waals surface area contributed by atoms with Crippen LogP contribution in [0.15, 0.2) is 0 Å². The molecule has 1 saturated heterocycles. The van der Waals surface area contributed by atoms with Gasteiger partial charge >= 0.3 is 6.03 Å². The number of urea groups is 1. The van der Waals surface area contributed by atoms with Crippen LogP contribution in [-0.2, 0) is 4.84 Å². The summed E-state index contributed by atoms with van der Waals surface area (Å²) in [6.07, 6.45) is -0.188. The van der Waals surface area contributed by atoms with Crippen LogP contribution in [0.25, 0.3) is 0 Å². The van der Waals surface area contributed by atoms with E-state index >= 15 is 0 Å². The van der Waals surface area contributed by atoms with Gasteiger partial charge in [0.15, 0.2) is 6.23 Å². The van der Waals surface area contributed by atoms with Gasteiger partial charge in [-0.1, -0.05) is 0 Å². The first kappa shape index (κ1) is 4.39. The molecule has 2 amide bonds. The summed E-state index contributed by atoms with van der Waals surface area (Å²) in [6, 6.07) is -0.271. The number of carbonyl (C=O) groups is 1. The molecule has 0 aromatic carbocycles. The first-order valence-electron chi connectivity index (χ1n) is 2.01. The van der Waals surface area contributed by atoms with Gasteiger partial charge < -0.3 is 5.32 Å². The van der Waals surface area contributed by atoms with Gasteiger partial charge in [-0.3, -0.25) is 0 Å². The number of hydrogen-bond acceptors (Lipinski definition) is 2. The van der Waals surface area contributed by atoms with Crippen molar-refractivity contribution in [1.82, 2.24) is 10.8 Å². The van der Waals surface area contributed by atoms with Gasteiger partial charge in [-0.05, 0) is 6.92 Å². The topological polar surface area (TPSA) is 50.4 Å². The summed E-state index contributed by atoms with van der Waals surface area (Å²) in [5.41, 5.74) is 2.12. The van der Waals surface area contributed by atoms with Crippen molar-refractivity contribution in [1.29, 1.82) is 0 Å². The fourth-order valence-corrected chi connectivity index (χ4v) is 0.385. The first-order chi connectivity index (χ1) is 3.29. The number of rotatable bonds is 0. The van der Waals surface area contributed by atoms with Crippen molar-refractivity contribution in [3.8, 4) is 0 Å². The summed E-state index contributed by atoms with van der Waals surface area (Å²) in [7, 11) is 0. The molecule has 1 aliphatic heterocycles. The van der Waals surface area contributed by atoms with E-state index in [0.717, 1.165) is 0 Å². The Kier molecular flexibility index (Phi) is 0.867. The molecule has 1 unspecified atom stereocenters. The van der Waals surface area contributed by atoms with Gasteiger partial charge in [-0.15, -0.1) is 0 Å². The van der Waals surface area contributed by atoms with Crippen molar-refractivity contribution in [2.45, 2.75) is 13.2 Å². The Morgan fingerprint density at radius 3 is 2.71 bits per heavy atom. The third kappa shape index (κ3) is 0.806. The maximum Gasteiger partial charge on any atom is 0.340 e. The molecule has 0 bridgehead atoms. The largest absolute Gasteiger partial charge is 0.340 e. The molecule has 4 nitrogen and oxygen atoms in total. The Bertz CT molecular complexity index is 92.9. The highest BCUT2D eigenvalue weighted by molar-refractivity contribution is 5.74. The maximum absolute atomic E-state index is 10.1. The number of hydrogen-bond donors (Lipinski definition) is 2. The minimum absolute atomic E-state index is 0.188. The van der Waals surface area contributed by atoms with Crippen LogP contribution in [0.4, 0.5) is 4.79 Å². The molecule has 40 valence electrons. The molecule has 0 saturated carbocycles. The smallest absolute Gasteiger partial charge is 0.309 e. The van der Waals surface area contributed by atoms with Crippen LogP contribution in [0, 0.1) is 0 Å². The molecular weight excluding hydrogens is 96.0 g/mol. The van der Waals surface area contributed by atoms with E-state index in [1.165, 1.54) is 0 Å². The Balaban J connectivity index is 2.40. The van der Waals surface area contributed by atoms with Crippen molar-refractivity contribution in [2.24, 2.45) is 0 Å². The van der Waals surface area contributed by atoms with Crippen LogP contribution in [0.5, 0.6) is 0 Å². The molecule has 1 aliphatic rings. The van der Waals surface area contributed by atoms with E-state index in [1.807, 2.05) is 0 Å². The zero-order valence-electron chi connectivity index (χ0n) is 3.89. The van der Waals surface area contributed by atoms with Gasteiger partial charge in [0.25, 0.3) is 0 Å². The van der Waals surface area contributed by atoms with Gasteiger partial charge in [0.2, 0.25) is 0 Å². The number of amides is 2. The van der Waals surface area contributed by atoms with Crippen LogP contribution in [0.1, 0.15) is 6.92 Å². The van der Waals surface area contributed by atoms with E-state index in [1.54, 1.807) is 6.92 Å². The van der Waals surface area contributed by atoms with E-state index in [2.05, 4.69) is 15.6 Å². The molecule has 1 rings (SSSR count).